The predicted octanol–water partition coefficient (Wildman–Crippen LogP) is 2.38. The molecule has 0 spiro atoms. The molecule has 0 bridgehead atoms. The maximum absolute atomic E-state index is 12.2. The summed E-state index contributed by atoms with van der Waals surface area (Å²) in [5, 5.41) is 16.7. The molecule has 2 heterocycles. The number of amides is 1. The minimum Gasteiger partial charge on any atom is -0.390 e. The topological polar surface area (TPSA) is 78.7 Å². The van der Waals surface area contributed by atoms with E-state index in [4.69, 9.17) is 0 Å². The van der Waals surface area contributed by atoms with E-state index in [1.165, 1.54) is 0 Å². The number of aromatic nitrogens is 2. The molecule has 4 rings (SSSR count). The molecule has 6 nitrogen and oxygen atoms in total. The van der Waals surface area contributed by atoms with E-state index < -0.39 is 6.10 Å². The zero-order chi connectivity index (χ0) is 18.4. The molecule has 3 aromatic rings. The van der Waals surface area contributed by atoms with Crippen LogP contribution in [-0.2, 0) is 6.42 Å². The molecule has 1 aliphatic rings. The van der Waals surface area contributed by atoms with E-state index in [0.717, 1.165) is 33.8 Å². The van der Waals surface area contributed by atoms with Crippen LogP contribution in [0.3, 0.4) is 0 Å². The van der Waals surface area contributed by atoms with E-state index in [9.17, 15) is 9.90 Å². The molecular formula is C20H22N4O2. The molecule has 26 heavy (non-hydrogen) atoms. The lowest BCUT2D eigenvalue weighted by molar-refractivity contribution is 0.0962. The first-order chi connectivity index (χ1) is 12.5. The first-order valence-corrected chi connectivity index (χ1v) is 8.73. The van der Waals surface area contributed by atoms with E-state index in [1.54, 1.807) is 19.3 Å². The Morgan fingerprint density at radius 3 is 2.85 bits per heavy atom. The summed E-state index contributed by atoms with van der Waals surface area (Å²) in [5.74, 6) is -0.159. The smallest absolute Gasteiger partial charge is 0.252 e. The lowest BCUT2D eigenvalue weighted by atomic mass is 10.1. The molecule has 2 aromatic heterocycles. The molecule has 3 N–H and O–H groups in total. The van der Waals surface area contributed by atoms with Crippen LogP contribution in [0.2, 0.25) is 0 Å². The molecule has 134 valence electrons. The average molecular weight is 350 g/mol. The molecule has 0 aliphatic heterocycles. The van der Waals surface area contributed by atoms with Gasteiger partial charge in [-0.25, -0.2) is 4.98 Å². The molecule has 1 amide bonds. The number of carbonyl (C=O) groups excluding carboxylic acids is 1. The van der Waals surface area contributed by atoms with Gasteiger partial charge in [0.1, 0.15) is 0 Å². The number of aryl methyl sites for hydroxylation is 2. The zero-order valence-corrected chi connectivity index (χ0v) is 15.1. The van der Waals surface area contributed by atoms with Gasteiger partial charge in [0.05, 0.1) is 29.1 Å². The number of benzene rings is 1. The van der Waals surface area contributed by atoms with Crippen molar-refractivity contribution in [3.63, 3.8) is 0 Å². The van der Waals surface area contributed by atoms with Crippen molar-refractivity contribution in [2.24, 2.45) is 0 Å². The number of hydrogen-bond donors (Lipinski definition) is 3. The molecule has 0 fully saturated rings. The normalized spacial score (nSPS) is 18.8. The van der Waals surface area contributed by atoms with Gasteiger partial charge in [-0.3, -0.25) is 4.79 Å². The van der Waals surface area contributed by atoms with Crippen molar-refractivity contribution in [2.45, 2.75) is 32.4 Å². The van der Waals surface area contributed by atoms with Crippen molar-refractivity contribution < 1.29 is 9.90 Å². The molecule has 6 heteroatoms. The Bertz CT molecular complexity index is 1010. The number of aliphatic hydroxyl groups excluding tert-OH is 1. The van der Waals surface area contributed by atoms with Gasteiger partial charge in [-0.15, -0.1) is 0 Å². The van der Waals surface area contributed by atoms with E-state index >= 15 is 0 Å². The van der Waals surface area contributed by atoms with Crippen LogP contribution >= 0.6 is 0 Å². The number of carbonyl (C=O) groups is 1. The predicted molar refractivity (Wildman–Crippen MR) is 101 cm³/mol. The molecule has 0 saturated heterocycles. The lowest BCUT2D eigenvalue weighted by Crippen LogP contribution is -2.23. The molecule has 1 aliphatic carbocycles. The number of fused-ring (bicyclic) bond motifs is 2. The number of anilines is 1. The van der Waals surface area contributed by atoms with Gasteiger partial charge in [0.25, 0.3) is 5.91 Å². The van der Waals surface area contributed by atoms with Gasteiger partial charge < -0.3 is 20.1 Å². The Morgan fingerprint density at radius 2 is 2.08 bits per heavy atom. The molecule has 2 unspecified atom stereocenters. The fourth-order valence-electron chi connectivity index (χ4n) is 3.66. The highest BCUT2D eigenvalue weighted by Gasteiger charge is 2.31. The standard InChI is InChI=1S/C20H22N4O2/c1-11-12(2)24-10-14(20(26)21-3)8-16(19(24)22-11)23-18-15-7-5-4-6-13(15)9-17(18)25/h4-8,10,17-18,23,25H,9H2,1-3H3,(H,21,26). The third-order valence-corrected chi connectivity index (χ3v) is 5.20. The van der Waals surface area contributed by atoms with E-state index in [0.29, 0.717) is 12.0 Å². The maximum atomic E-state index is 12.2. The van der Waals surface area contributed by atoms with Crippen LogP contribution in [-0.4, -0.2) is 33.6 Å². The molecular weight excluding hydrogens is 328 g/mol. The van der Waals surface area contributed by atoms with Crippen molar-refractivity contribution in [3.05, 3.63) is 64.6 Å². The number of aliphatic hydroxyl groups is 1. The number of hydrogen-bond acceptors (Lipinski definition) is 4. The van der Waals surface area contributed by atoms with Gasteiger partial charge in [-0.2, -0.15) is 0 Å². The largest absolute Gasteiger partial charge is 0.390 e. The van der Waals surface area contributed by atoms with Crippen LogP contribution in [0.4, 0.5) is 5.69 Å². The maximum Gasteiger partial charge on any atom is 0.252 e. The van der Waals surface area contributed by atoms with Gasteiger partial charge in [-0.05, 0) is 31.0 Å². The molecule has 2 atom stereocenters. The van der Waals surface area contributed by atoms with Gasteiger partial charge >= 0.3 is 0 Å². The highest BCUT2D eigenvalue weighted by Crippen LogP contribution is 2.35. The first-order valence-electron chi connectivity index (χ1n) is 8.73. The summed E-state index contributed by atoms with van der Waals surface area (Å²) in [4.78, 5) is 16.9. The van der Waals surface area contributed by atoms with Gasteiger partial charge in [-0.1, -0.05) is 24.3 Å². The van der Waals surface area contributed by atoms with Gasteiger partial charge in [0.15, 0.2) is 5.65 Å². The van der Waals surface area contributed by atoms with Crippen LogP contribution in [0.15, 0.2) is 36.5 Å². The van der Waals surface area contributed by atoms with Gasteiger partial charge in [0.2, 0.25) is 0 Å². The van der Waals surface area contributed by atoms with Crippen LogP contribution in [0.25, 0.3) is 5.65 Å². The summed E-state index contributed by atoms with van der Waals surface area (Å²) in [5.41, 5.74) is 6.17. The van der Waals surface area contributed by atoms with Gasteiger partial charge in [0, 0.05) is 25.4 Å². The number of imidazole rings is 1. The fourth-order valence-corrected chi connectivity index (χ4v) is 3.66. The van der Waals surface area contributed by atoms with E-state index in [2.05, 4.69) is 15.6 Å². The summed E-state index contributed by atoms with van der Waals surface area (Å²) in [6, 6.07) is 9.61. The molecule has 0 saturated carbocycles. The second-order valence-electron chi connectivity index (χ2n) is 6.79. The molecule has 0 radical (unpaired) electrons. The Kier molecular flexibility index (Phi) is 3.92. The monoisotopic (exact) mass is 350 g/mol. The zero-order valence-electron chi connectivity index (χ0n) is 15.1. The van der Waals surface area contributed by atoms with E-state index in [-0.39, 0.29) is 11.9 Å². The first kappa shape index (κ1) is 16.6. The second-order valence-corrected chi connectivity index (χ2v) is 6.79. The number of rotatable bonds is 3. The van der Waals surface area contributed by atoms with Crippen LogP contribution in [0, 0.1) is 13.8 Å². The number of nitrogens with zero attached hydrogens (tertiary/aromatic N) is 2. The van der Waals surface area contributed by atoms with Crippen molar-refractivity contribution in [2.75, 3.05) is 12.4 Å². The summed E-state index contributed by atoms with van der Waals surface area (Å²) >= 11 is 0. The summed E-state index contributed by atoms with van der Waals surface area (Å²) in [7, 11) is 1.61. The minimum absolute atomic E-state index is 0.159. The third kappa shape index (κ3) is 2.54. The second kappa shape index (κ2) is 6.14. The highest BCUT2D eigenvalue weighted by molar-refractivity contribution is 5.95. The van der Waals surface area contributed by atoms with Crippen molar-refractivity contribution in [3.8, 4) is 0 Å². The van der Waals surface area contributed by atoms with Crippen molar-refractivity contribution >= 4 is 17.2 Å². The summed E-state index contributed by atoms with van der Waals surface area (Å²) in [6.45, 7) is 3.93. The summed E-state index contributed by atoms with van der Waals surface area (Å²) in [6.07, 6.45) is 1.90. The Hall–Kier alpha value is -2.86. The lowest BCUT2D eigenvalue weighted by Gasteiger charge is -2.20. The Labute approximate surface area is 151 Å². The Morgan fingerprint density at radius 1 is 1.31 bits per heavy atom. The minimum atomic E-state index is -0.520. The summed E-state index contributed by atoms with van der Waals surface area (Å²) < 4.78 is 1.93. The Balaban J connectivity index is 1.83. The number of nitrogens with one attached hydrogen (secondary N) is 2. The third-order valence-electron chi connectivity index (χ3n) is 5.20. The van der Waals surface area contributed by atoms with Crippen LogP contribution in [0.1, 0.15) is 38.9 Å². The van der Waals surface area contributed by atoms with Crippen LogP contribution in [0.5, 0.6) is 0 Å². The average Bonchev–Trinajstić information content (AvgIpc) is 3.11. The SMILES string of the molecule is CNC(=O)c1cc(NC2c3ccccc3CC2O)c2nc(C)c(C)n2c1. The van der Waals surface area contributed by atoms with Crippen molar-refractivity contribution in [1.29, 1.82) is 0 Å². The van der Waals surface area contributed by atoms with Crippen LogP contribution < -0.4 is 10.6 Å². The molecule has 1 aromatic carbocycles. The van der Waals surface area contributed by atoms with E-state index in [1.807, 2.05) is 42.5 Å². The van der Waals surface area contributed by atoms with Crippen molar-refractivity contribution in [1.82, 2.24) is 14.7 Å². The number of pyridine rings is 1. The highest BCUT2D eigenvalue weighted by atomic mass is 16.3. The quantitative estimate of drug-likeness (QED) is 0.678. The fraction of sp³-hybridized carbons (Fsp3) is 0.300.